The van der Waals surface area contributed by atoms with Gasteiger partial charge in [0.25, 0.3) is 5.56 Å². The van der Waals surface area contributed by atoms with Gasteiger partial charge in [-0.2, -0.15) is 0 Å². The van der Waals surface area contributed by atoms with Crippen LogP contribution in [0.3, 0.4) is 0 Å². The van der Waals surface area contributed by atoms with Gasteiger partial charge in [0.1, 0.15) is 17.2 Å². The first-order chi connectivity index (χ1) is 16.0. The number of benzene rings is 2. The molecule has 1 amide bonds. The molecule has 9 nitrogen and oxygen atoms in total. The largest absolute Gasteiger partial charge is 0.383 e. The van der Waals surface area contributed by atoms with Crippen molar-refractivity contribution >= 4 is 40.1 Å². The number of hydrogen-bond acceptors (Lipinski definition) is 7. The van der Waals surface area contributed by atoms with Gasteiger partial charge in [-0.15, -0.1) is 0 Å². The second kappa shape index (κ2) is 9.70. The van der Waals surface area contributed by atoms with E-state index in [0.717, 1.165) is 16.5 Å². The number of nitrogen functional groups attached to an aromatic ring is 1. The molecule has 2 aromatic carbocycles. The van der Waals surface area contributed by atoms with Gasteiger partial charge in [0, 0.05) is 11.9 Å². The quantitative estimate of drug-likeness (QED) is 0.319. The van der Waals surface area contributed by atoms with Gasteiger partial charge in [-0.25, -0.2) is 14.8 Å². The zero-order valence-corrected chi connectivity index (χ0v) is 18.7. The third-order valence-corrected chi connectivity index (χ3v) is 6.11. The number of aromatic amines is 1. The number of carbonyl (C=O) groups is 1. The predicted molar refractivity (Wildman–Crippen MR) is 130 cm³/mol. The minimum Gasteiger partial charge on any atom is -0.383 e. The van der Waals surface area contributed by atoms with Crippen molar-refractivity contribution in [3.05, 3.63) is 87.3 Å². The summed E-state index contributed by atoms with van der Waals surface area (Å²) < 4.78 is 1.26. The molecule has 168 valence electrons. The van der Waals surface area contributed by atoms with Crippen molar-refractivity contribution in [3.63, 3.8) is 0 Å². The van der Waals surface area contributed by atoms with Gasteiger partial charge in [0.15, 0.2) is 5.69 Å². The number of anilines is 2. The number of carbonyl (C=O) groups excluding carboxylic acids is 1. The minimum atomic E-state index is -0.700. The zero-order chi connectivity index (χ0) is 23.4. The first-order valence-electron chi connectivity index (χ1n) is 10.3. The first kappa shape index (κ1) is 22.3. The van der Waals surface area contributed by atoms with Crippen LogP contribution in [0.1, 0.15) is 12.5 Å². The Morgan fingerprint density at radius 1 is 1.09 bits per heavy atom. The van der Waals surface area contributed by atoms with E-state index in [0.29, 0.717) is 5.03 Å². The lowest BCUT2D eigenvalue weighted by Crippen LogP contribution is -2.41. The number of amides is 1. The lowest BCUT2D eigenvalue weighted by Gasteiger charge is -2.23. The van der Waals surface area contributed by atoms with Crippen molar-refractivity contribution in [1.29, 1.82) is 0 Å². The molecule has 0 radical (unpaired) electrons. The first-order valence-corrected chi connectivity index (χ1v) is 11.3. The number of nitrogens with zero attached hydrogens (tertiary/aromatic N) is 4. The third kappa shape index (κ3) is 4.65. The van der Waals surface area contributed by atoms with E-state index in [4.69, 9.17) is 5.73 Å². The van der Waals surface area contributed by atoms with Crippen molar-refractivity contribution in [2.75, 3.05) is 22.9 Å². The molecular formula is C23H22N6O3S. The topological polar surface area (TPSA) is 127 Å². The lowest BCUT2D eigenvalue weighted by molar-refractivity contribution is -0.116. The van der Waals surface area contributed by atoms with Gasteiger partial charge in [-0.05, 0) is 18.6 Å². The molecule has 0 unspecified atom stereocenters. The van der Waals surface area contributed by atoms with Gasteiger partial charge < -0.3 is 10.6 Å². The number of para-hydroxylation sites is 1. The fourth-order valence-corrected chi connectivity index (χ4v) is 4.39. The van der Waals surface area contributed by atoms with Gasteiger partial charge in [0.2, 0.25) is 5.91 Å². The Labute approximate surface area is 193 Å². The molecule has 2 aromatic heterocycles. The van der Waals surface area contributed by atoms with Crippen LogP contribution in [0.2, 0.25) is 0 Å². The average Bonchev–Trinajstić information content (AvgIpc) is 2.83. The Morgan fingerprint density at radius 2 is 1.82 bits per heavy atom. The molecule has 2 heterocycles. The Balaban J connectivity index is 1.62. The van der Waals surface area contributed by atoms with Crippen LogP contribution >= 0.6 is 11.8 Å². The molecule has 10 heteroatoms. The molecule has 0 aliphatic carbocycles. The minimum absolute atomic E-state index is 0.0333. The number of fused-ring (bicyclic) bond motifs is 1. The highest BCUT2D eigenvalue weighted by molar-refractivity contribution is 8.00. The molecule has 0 saturated heterocycles. The van der Waals surface area contributed by atoms with Gasteiger partial charge in [0.05, 0.1) is 17.8 Å². The molecule has 0 saturated carbocycles. The summed E-state index contributed by atoms with van der Waals surface area (Å²) >= 11 is 1.25. The molecule has 33 heavy (non-hydrogen) atoms. The number of H-pyrrole nitrogens is 1. The second-order valence-corrected chi connectivity index (χ2v) is 8.15. The predicted octanol–water partition coefficient (Wildman–Crippen LogP) is 2.26. The summed E-state index contributed by atoms with van der Waals surface area (Å²) in [5, 5.41) is 1.51. The number of rotatable bonds is 7. The van der Waals surface area contributed by atoms with Crippen LogP contribution in [0, 0.1) is 0 Å². The van der Waals surface area contributed by atoms with Crippen molar-refractivity contribution in [2.24, 2.45) is 0 Å². The summed E-state index contributed by atoms with van der Waals surface area (Å²) in [6, 6.07) is 16.8. The molecular weight excluding hydrogens is 440 g/mol. The van der Waals surface area contributed by atoms with E-state index in [1.807, 2.05) is 54.6 Å². The van der Waals surface area contributed by atoms with E-state index < -0.39 is 11.2 Å². The highest BCUT2D eigenvalue weighted by Gasteiger charge is 2.23. The van der Waals surface area contributed by atoms with Crippen molar-refractivity contribution < 1.29 is 4.79 Å². The Hall–Kier alpha value is -3.92. The van der Waals surface area contributed by atoms with Crippen LogP contribution in [0.4, 0.5) is 11.5 Å². The van der Waals surface area contributed by atoms with E-state index in [9.17, 15) is 14.4 Å². The highest BCUT2D eigenvalue weighted by atomic mass is 32.2. The Bertz CT molecular complexity index is 1410. The molecule has 0 atom stereocenters. The summed E-state index contributed by atoms with van der Waals surface area (Å²) in [5.41, 5.74) is 6.50. The molecule has 0 spiro atoms. The molecule has 0 aliphatic heterocycles. The maximum atomic E-state index is 13.1. The van der Waals surface area contributed by atoms with Gasteiger partial charge in [-0.3, -0.25) is 19.1 Å². The SMILES string of the molecule is CCN(C(=O)CSc1ncnc2ccccc12)c1c(N)n(Cc2ccccc2)c(=O)[nH]c1=O. The summed E-state index contributed by atoms with van der Waals surface area (Å²) in [6.45, 7) is 2.12. The molecule has 0 bridgehead atoms. The molecule has 0 fully saturated rings. The van der Waals surface area contributed by atoms with Crippen molar-refractivity contribution in [3.8, 4) is 0 Å². The van der Waals surface area contributed by atoms with E-state index in [1.165, 1.54) is 27.6 Å². The number of hydrogen-bond donors (Lipinski definition) is 2. The van der Waals surface area contributed by atoms with E-state index >= 15 is 0 Å². The fourth-order valence-electron chi connectivity index (χ4n) is 3.52. The van der Waals surface area contributed by atoms with Crippen LogP contribution in [-0.4, -0.2) is 37.7 Å². The molecule has 3 N–H and O–H groups in total. The molecule has 0 aliphatic rings. The zero-order valence-electron chi connectivity index (χ0n) is 17.9. The van der Waals surface area contributed by atoms with Crippen LogP contribution in [-0.2, 0) is 11.3 Å². The Morgan fingerprint density at radius 3 is 2.58 bits per heavy atom. The smallest absolute Gasteiger partial charge is 0.330 e. The number of nitrogens with one attached hydrogen (secondary N) is 1. The summed E-state index contributed by atoms with van der Waals surface area (Å²) in [7, 11) is 0. The van der Waals surface area contributed by atoms with E-state index in [2.05, 4.69) is 15.0 Å². The number of aromatic nitrogens is 4. The second-order valence-electron chi connectivity index (χ2n) is 7.19. The van der Waals surface area contributed by atoms with Crippen molar-refractivity contribution in [1.82, 2.24) is 19.5 Å². The summed E-state index contributed by atoms with van der Waals surface area (Å²) in [4.78, 5) is 50.3. The van der Waals surface area contributed by atoms with E-state index in [-0.39, 0.29) is 36.3 Å². The van der Waals surface area contributed by atoms with Gasteiger partial charge >= 0.3 is 5.69 Å². The molecule has 4 aromatic rings. The van der Waals surface area contributed by atoms with Crippen molar-refractivity contribution in [2.45, 2.75) is 18.5 Å². The van der Waals surface area contributed by atoms with Crippen LogP contribution in [0.5, 0.6) is 0 Å². The monoisotopic (exact) mass is 462 g/mol. The summed E-state index contributed by atoms with van der Waals surface area (Å²) in [5.74, 6) is -0.349. The number of nitrogens with two attached hydrogens (primary N) is 1. The normalized spacial score (nSPS) is 10.9. The lowest BCUT2D eigenvalue weighted by atomic mass is 10.2. The number of thioether (sulfide) groups is 1. The maximum Gasteiger partial charge on any atom is 0.330 e. The van der Waals surface area contributed by atoms with Crippen LogP contribution < -0.4 is 21.9 Å². The van der Waals surface area contributed by atoms with Crippen LogP contribution in [0.25, 0.3) is 10.9 Å². The standard InChI is InChI=1S/C23H22N6O3S/c1-2-28(18(30)13-33-22-16-10-6-7-11-17(16)25-14-26-22)19-20(24)29(23(32)27-21(19)31)12-15-8-4-3-5-9-15/h3-11,14H,2,12-13,24H2,1H3,(H,27,31,32). The maximum absolute atomic E-state index is 13.1. The van der Waals surface area contributed by atoms with Crippen LogP contribution in [0.15, 0.2) is 75.5 Å². The third-order valence-electron chi connectivity index (χ3n) is 5.12. The molecule has 4 rings (SSSR count). The summed E-state index contributed by atoms with van der Waals surface area (Å²) in [6.07, 6.45) is 1.45. The van der Waals surface area contributed by atoms with Gasteiger partial charge in [-0.1, -0.05) is 60.3 Å². The fraction of sp³-hybridized carbons (Fsp3) is 0.174. The van der Waals surface area contributed by atoms with E-state index in [1.54, 1.807) is 6.92 Å². The Kier molecular flexibility index (Phi) is 6.55. The average molecular weight is 463 g/mol. The highest BCUT2D eigenvalue weighted by Crippen LogP contribution is 2.25.